The third kappa shape index (κ3) is 1.58. The van der Waals surface area contributed by atoms with Gasteiger partial charge in [0.1, 0.15) is 12.4 Å². The molecule has 4 nitrogen and oxygen atoms in total. The van der Waals surface area contributed by atoms with E-state index in [1.165, 1.54) is 11.0 Å². The van der Waals surface area contributed by atoms with Crippen molar-refractivity contribution in [2.24, 2.45) is 0 Å². The van der Waals surface area contributed by atoms with Crippen LogP contribution in [0.25, 0.3) is 0 Å². The van der Waals surface area contributed by atoms with Crippen LogP contribution in [0.1, 0.15) is 5.56 Å². The minimum atomic E-state index is -4.43. The number of nitrogens with one attached hydrogen (secondary N) is 1. The monoisotopic (exact) mass is 258 g/mol. The number of fused-ring (bicyclic) bond motifs is 3. The summed E-state index contributed by atoms with van der Waals surface area (Å²) in [6.07, 6.45) is -4.43. The molecule has 0 aromatic heterocycles. The number of alkyl halides is 3. The predicted molar refractivity (Wildman–Crippen MR) is 56.6 cm³/mol. The van der Waals surface area contributed by atoms with Gasteiger partial charge >= 0.3 is 12.2 Å². The molecule has 2 heterocycles. The highest BCUT2D eigenvalue weighted by atomic mass is 19.4. The topological polar surface area (TPSA) is 41.6 Å². The molecule has 96 valence electrons. The Labute approximate surface area is 100 Å². The summed E-state index contributed by atoms with van der Waals surface area (Å²) in [5, 5.41) is 2.59. The Morgan fingerprint density at radius 2 is 2.17 bits per heavy atom. The second-order valence-corrected chi connectivity index (χ2v) is 4.20. The third-order valence-corrected chi connectivity index (χ3v) is 3.05. The minimum Gasteiger partial charge on any atom is -0.489 e. The number of carbonyl (C=O) groups is 1. The van der Waals surface area contributed by atoms with E-state index in [4.69, 9.17) is 4.74 Å². The average molecular weight is 258 g/mol. The molecule has 1 aromatic carbocycles. The van der Waals surface area contributed by atoms with Gasteiger partial charge in [-0.25, -0.2) is 4.79 Å². The maximum atomic E-state index is 12.6. The molecule has 0 aliphatic carbocycles. The minimum absolute atomic E-state index is 0.177. The number of amides is 2. The highest BCUT2D eigenvalue weighted by Gasteiger charge is 2.39. The fourth-order valence-electron chi connectivity index (χ4n) is 2.18. The summed E-state index contributed by atoms with van der Waals surface area (Å²) in [6, 6.07) is 2.52. The van der Waals surface area contributed by atoms with Gasteiger partial charge in [0.2, 0.25) is 0 Å². The number of hydrogen-bond donors (Lipinski definition) is 1. The van der Waals surface area contributed by atoms with Crippen LogP contribution in [0.15, 0.2) is 18.2 Å². The normalized spacial score (nSPS) is 22.1. The zero-order valence-electron chi connectivity index (χ0n) is 9.12. The molecule has 0 saturated carbocycles. The van der Waals surface area contributed by atoms with E-state index in [2.05, 4.69) is 5.32 Å². The molecule has 0 radical (unpaired) electrons. The van der Waals surface area contributed by atoms with Gasteiger partial charge in [0.25, 0.3) is 0 Å². The average Bonchev–Trinajstić information content (AvgIpc) is 2.69. The summed E-state index contributed by atoms with van der Waals surface area (Å²) >= 11 is 0. The molecule has 0 bridgehead atoms. The number of anilines is 1. The number of halogens is 3. The van der Waals surface area contributed by atoms with E-state index in [1.807, 2.05) is 0 Å². The highest BCUT2D eigenvalue weighted by Crippen LogP contribution is 2.40. The van der Waals surface area contributed by atoms with Crippen molar-refractivity contribution in [3.8, 4) is 5.75 Å². The lowest BCUT2D eigenvalue weighted by Crippen LogP contribution is -2.41. The van der Waals surface area contributed by atoms with E-state index in [0.29, 0.717) is 12.3 Å². The van der Waals surface area contributed by atoms with Crippen molar-refractivity contribution in [1.29, 1.82) is 0 Å². The third-order valence-electron chi connectivity index (χ3n) is 3.05. The summed E-state index contributed by atoms with van der Waals surface area (Å²) in [5.41, 5.74) is -0.610. The molecule has 1 N–H and O–H groups in total. The lowest BCUT2D eigenvalue weighted by Gasteiger charge is -2.31. The van der Waals surface area contributed by atoms with Crippen molar-refractivity contribution >= 4 is 11.7 Å². The molecule has 1 fully saturated rings. The van der Waals surface area contributed by atoms with Crippen molar-refractivity contribution in [1.82, 2.24) is 5.32 Å². The smallest absolute Gasteiger partial charge is 0.416 e. The number of rotatable bonds is 0. The number of hydrogen-bond acceptors (Lipinski definition) is 2. The zero-order chi connectivity index (χ0) is 12.9. The molecule has 18 heavy (non-hydrogen) atoms. The number of urea groups is 1. The predicted octanol–water partition coefficient (Wildman–Crippen LogP) is 2.00. The summed E-state index contributed by atoms with van der Waals surface area (Å²) in [5.74, 6) is 0.302. The van der Waals surface area contributed by atoms with Crippen LogP contribution in [-0.2, 0) is 6.18 Å². The van der Waals surface area contributed by atoms with Gasteiger partial charge in [0, 0.05) is 6.54 Å². The standard InChI is InChI=1S/C11H9F3N2O2/c12-11(13,14)6-1-2-9-8(3-6)16-7(5-18-9)4-15-10(16)17/h1-3,7H,4-5H2,(H,15,17). The first-order valence-corrected chi connectivity index (χ1v) is 5.38. The first-order valence-electron chi connectivity index (χ1n) is 5.38. The molecule has 1 atom stereocenters. The van der Waals surface area contributed by atoms with E-state index >= 15 is 0 Å². The second-order valence-electron chi connectivity index (χ2n) is 4.20. The van der Waals surface area contributed by atoms with Crippen LogP contribution in [0, 0.1) is 0 Å². The Kier molecular flexibility index (Phi) is 2.20. The number of benzene rings is 1. The van der Waals surface area contributed by atoms with Crippen molar-refractivity contribution in [2.45, 2.75) is 12.2 Å². The van der Waals surface area contributed by atoms with Crippen LogP contribution in [-0.4, -0.2) is 25.2 Å². The van der Waals surface area contributed by atoms with Gasteiger partial charge < -0.3 is 10.1 Å². The fraction of sp³-hybridized carbons (Fsp3) is 0.364. The summed E-state index contributed by atoms with van der Waals surface area (Å²) in [6.45, 7) is 0.672. The van der Waals surface area contributed by atoms with Crippen molar-refractivity contribution in [3.63, 3.8) is 0 Å². The van der Waals surface area contributed by atoms with Crippen molar-refractivity contribution < 1.29 is 22.7 Å². The van der Waals surface area contributed by atoms with E-state index in [1.54, 1.807) is 0 Å². The Bertz CT molecular complexity index is 516. The van der Waals surface area contributed by atoms with Crippen LogP contribution in [0.4, 0.5) is 23.7 Å². The molecule has 7 heteroatoms. The van der Waals surface area contributed by atoms with Gasteiger partial charge in [-0.1, -0.05) is 0 Å². The van der Waals surface area contributed by atoms with Gasteiger partial charge in [0.15, 0.2) is 0 Å². The second kappa shape index (κ2) is 3.54. The van der Waals surface area contributed by atoms with Crippen LogP contribution < -0.4 is 15.0 Å². The van der Waals surface area contributed by atoms with E-state index in [9.17, 15) is 18.0 Å². The number of nitrogens with zero attached hydrogens (tertiary/aromatic N) is 1. The van der Waals surface area contributed by atoms with Gasteiger partial charge in [0.05, 0.1) is 17.3 Å². The first kappa shape index (κ1) is 11.2. The zero-order valence-corrected chi connectivity index (χ0v) is 9.12. The molecule has 2 amide bonds. The molecular weight excluding hydrogens is 249 g/mol. The summed E-state index contributed by atoms with van der Waals surface area (Å²) in [7, 11) is 0. The molecule has 1 aromatic rings. The molecule has 1 saturated heterocycles. The number of carbonyl (C=O) groups excluding carboxylic acids is 1. The summed E-state index contributed by atoms with van der Waals surface area (Å²) in [4.78, 5) is 12.9. The Balaban J connectivity index is 2.08. The Hall–Kier alpha value is -1.92. The number of ether oxygens (including phenoxy) is 1. The molecule has 2 aliphatic heterocycles. The fourth-order valence-corrected chi connectivity index (χ4v) is 2.18. The maximum Gasteiger partial charge on any atom is 0.416 e. The molecular formula is C11H9F3N2O2. The van der Waals surface area contributed by atoms with Gasteiger partial charge in [-0.15, -0.1) is 0 Å². The van der Waals surface area contributed by atoms with Crippen molar-refractivity contribution in [3.05, 3.63) is 23.8 Å². The lowest BCUT2D eigenvalue weighted by atomic mass is 10.1. The molecule has 3 rings (SSSR count). The Morgan fingerprint density at radius 1 is 1.39 bits per heavy atom. The lowest BCUT2D eigenvalue weighted by molar-refractivity contribution is -0.137. The Morgan fingerprint density at radius 3 is 2.89 bits per heavy atom. The van der Waals surface area contributed by atoms with Crippen LogP contribution in [0.5, 0.6) is 5.75 Å². The van der Waals surface area contributed by atoms with Crippen molar-refractivity contribution in [2.75, 3.05) is 18.1 Å². The van der Waals surface area contributed by atoms with Crippen LogP contribution in [0.2, 0.25) is 0 Å². The summed E-state index contributed by atoms with van der Waals surface area (Å²) < 4.78 is 43.3. The molecule has 2 aliphatic rings. The van der Waals surface area contributed by atoms with Gasteiger partial charge in [-0.3, -0.25) is 4.90 Å². The van der Waals surface area contributed by atoms with Gasteiger partial charge in [-0.2, -0.15) is 13.2 Å². The molecule has 0 spiro atoms. The van der Waals surface area contributed by atoms with E-state index in [0.717, 1.165) is 12.1 Å². The van der Waals surface area contributed by atoms with Crippen LogP contribution in [0.3, 0.4) is 0 Å². The maximum absolute atomic E-state index is 12.6. The largest absolute Gasteiger partial charge is 0.489 e. The SMILES string of the molecule is O=C1NCC2COc3ccc(C(F)(F)F)cc3N12. The quantitative estimate of drug-likeness (QED) is 0.773. The highest BCUT2D eigenvalue weighted by molar-refractivity contribution is 5.97. The van der Waals surface area contributed by atoms with E-state index < -0.39 is 11.7 Å². The first-order chi connectivity index (χ1) is 8.47. The van der Waals surface area contributed by atoms with Crippen LogP contribution >= 0.6 is 0 Å². The molecule has 1 unspecified atom stereocenters. The van der Waals surface area contributed by atoms with Gasteiger partial charge in [-0.05, 0) is 18.2 Å². The van der Waals surface area contributed by atoms with E-state index in [-0.39, 0.29) is 24.4 Å².